The molecule has 132 valence electrons. The fourth-order valence-electron chi connectivity index (χ4n) is 2.30. The third-order valence-corrected chi connectivity index (χ3v) is 3.70. The summed E-state index contributed by atoms with van der Waals surface area (Å²) in [5.74, 6) is -1.09. The second-order valence-corrected chi connectivity index (χ2v) is 5.51. The van der Waals surface area contributed by atoms with Gasteiger partial charge in [-0.15, -0.1) is 0 Å². The van der Waals surface area contributed by atoms with Gasteiger partial charge in [-0.3, -0.25) is 9.59 Å². The van der Waals surface area contributed by atoms with Gasteiger partial charge in [-0.05, 0) is 48.5 Å². The summed E-state index contributed by atoms with van der Waals surface area (Å²) in [4.78, 5) is 35.9. The van der Waals surface area contributed by atoms with Crippen molar-refractivity contribution in [3.63, 3.8) is 0 Å². The lowest BCUT2D eigenvalue weighted by atomic mass is 10.1. The monoisotopic (exact) mass is 352 g/mol. The quantitative estimate of drug-likeness (QED) is 0.544. The minimum atomic E-state index is -0.562. The fraction of sp³-hybridized carbons (Fsp3) is 0.105. The number of hydrogen-bond acceptors (Lipinski definition) is 5. The molecule has 0 atom stereocenters. The highest BCUT2D eigenvalue weighted by molar-refractivity contribution is 6.03. The molecular formula is C19H16N2O5. The van der Waals surface area contributed by atoms with E-state index in [1.165, 1.54) is 6.26 Å². The molecule has 3 aromatic rings. The maximum Gasteiger partial charge on any atom is 0.355 e. The highest BCUT2D eigenvalue weighted by Gasteiger charge is 2.14. The van der Waals surface area contributed by atoms with E-state index >= 15 is 0 Å². The number of anilines is 1. The van der Waals surface area contributed by atoms with Crippen molar-refractivity contribution in [3.8, 4) is 0 Å². The van der Waals surface area contributed by atoms with Crippen molar-refractivity contribution in [1.82, 2.24) is 4.57 Å². The molecule has 0 saturated carbocycles. The predicted octanol–water partition coefficient (Wildman–Crippen LogP) is 2.91. The van der Waals surface area contributed by atoms with Gasteiger partial charge in [0.05, 0.1) is 6.26 Å². The van der Waals surface area contributed by atoms with Crippen LogP contribution >= 0.6 is 0 Å². The average molecular weight is 352 g/mol. The molecule has 0 spiro atoms. The number of nitrogens with zero attached hydrogens (tertiary/aromatic N) is 1. The molecule has 7 heteroatoms. The second-order valence-electron chi connectivity index (χ2n) is 5.51. The number of ketones is 1. The number of hydrogen-bond donors (Lipinski definition) is 1. The van der Waals surface area contributed by atoms with Crippen LogP contribution in [0, 0.1) is 0 Å². The topological polar surface area (TPSA) is 90.5 Å². The molecule has 26 heavy (non-hydrogen) atoms. The Hall–Kier alpha value is -3.61. The van der Waals surface area contributed by atoms with E-state index in [0.29, 0.717) is 16.9 Å². The van der Waals surface area contributed by atoms with Gasteiger partial charge < -0.3 is 19.0 Å². The van der Waals surface area contributed by atoms with Gasteiger partial charge in [0.25, 0.3) is 5.91 Å². The zero-order chi connectivity index (χ0) is 18.5. The molecule has 0 aliphatic rings. The number of carbonyl (C=O) groups excluding carboxylic acids is 3. The summed E-state index contributed by atoms with van der Waals surface area (Å²) in [6.45, 7) is -0.359. The lowest BCUT2D eigenvalue weighted by Gasteiger charge is -2.07. The first kappa shape index (κ1) is 17.2. The molecule has 1 N–H and O–H groups in total. The molecule has 1 amide bonds. The van der Waals surface area contributed by atoms with E-state index in [2.05, 4.69) is 5.32 Å². The molecule has 7 nitrogen and oxygen atoms in total. The van der Waals surface area contributed by atoms with Crippen molar-refractivity contribution in [3.05, 3.63) is 78.0 Å². The zero-order valence-corrected chi connectivity index (χ0v) is 14.0. The van der Waals surface area contributed by atoms with Gasteiger partial charge in [0.1, 0.15) is 5.69 Å². The number of rotatable bonds is 6. The molecule has 2 aromatic heterocycles. The van der Waals surface area contributed by atoms with E-state index in [1.807, 2.05) is 0 Å². The predicted molar refractivity (Wildman–Crippen MR) is 93.1 cm³/mol. The van der Waals surface area contributed by atoms with Gasteiger partial charge in [0.2, 0.25) is 0 Å². The zero-order valence-electron chi connectivity index (χ0n) is 14.0. The molecule has 0 aliphatic heterocycles. The molecule has 0 bridgehead atoms. The standard InChI is InChI=1S/C19H16N2O5/c1-21-10-2-4-15(21)19(24)26-12-16(22)13-6-8-14(9-7-13)20-18(23)17-5-3-11-25-17/h2-11H,12H2,1H3,(H,20,23). The molecule has 0 fully saturated rings. The second kappa shape index (κ2) is 7.52. The maximum absolute atomic E-state index is 12.1. The summed E-state index contributed by atoms with van der Waals surface area (Å²) in [6, 6.07) is 12.8. The van der Waals surface area contributed by atoms with Crippen LogP contribution in [0.1, 0.15) is 31.4 Å². The Morgan fingerprint density at radius 3 is 2.46 bits per heavy atom. The first-order valence-electron chi connectivity index (χ1n) is 7.81. The van der Waals surface area contributed by atoms with Gasteiger partial charge in [-0.1, -0.05) is 0 Å². The highest BCUT2D eigenvalue weighted by atomic mass is 16.5. The Kier molecular flexibility index (Phi) is 4.98. The van der Waals surface area contributed by atoms with Gasteiger partial charge in [0, 0.05) is 24.5 Å². The number of Topliss-reactive ketones (excluding diaryl/α,β-unsaturated/α-hetero) is 1. The summed E-state index contributed by atoms with van der Waals surface area (Å²) in [7, 11) is 1.72. The first-order valence-corrected chi connectivity index (χ1v) is 7.81. The van der Waals surface area contributed by atoms with E-state index in [4.69, 9.17) is 9.15 Å². The van der Waals surface area contributed by atoms with Crippen LogP contribution < -0.4 is 5.32 Å². The van der Waals surface area contributed by atoms with Gasteiger partial charge in [0.15, 0.2) is 18.2 Å². The van der Waals surface area contributed by atoms with Gasteiger partial charge in [-0.2, -0.15) is 0 Å². The van der Waals surface area contributed by atoms with Gasteiger partial charge in [-0.25, -0.2) is 4.79 Å². The van der Waals surface area contributed by atoms with Gasteiger partial charge >= 0.3 is 5.97 Å². The van der Waals surface area contributed by atoms with Crippen molar-refractivity contribution >= 4 is 23.3 Å². The summed E-state index contributed by atoms with van der Waals surface area (Å²) in [5.41, 5.74) is 1.26. The Bertz CT molecular complexity index is 923. The number of carbonyl (C=O) groups is 3. The molecule has 1 aromatic carbocycles. The minimum Gasteiger partial charge on any atom is -0.459 e. The van der Waals surface area contributed by atoms with E-state index in [-0.39, 0.29) is 24.1 Å². The molecule has 3 rings (SSSR count). The number of benzene rings is 1. The van der Waals surface area contributed by atoms with Crippen molar-refractivity contribution in [2.45, 2.75) is 0 Å². The van der Waals surface area contributed by atoms with Crippen molar-refractivity contribution in [2.24, 2.45) is 7.05 Å². The lowest BCUT2D eigenvalue weighted by molar-refractivity contribution is 0.0465. The third-order valence-electron chi connectivity index (χ3n) is 3.70. The molecule has 0 radical (unpaired) electrons. The van der Waals surface area contributed by atoms with Crippen LogP contribution in [0.5, 0.6) is 0 Å². The lowest BCUT2D eigenvalue weighted by Crippen LogP contribution is -2.16. The average Bonchev–Trinajstić information content (AvgIpc) is 3.31. The molecular weight excluding hydrogens is 336 g/mol. The van der Waals surface area contributed by atoms with Crippen molar-refractivity contribution < 1.29 is 23.5 Å². The minimum absolute atomic E-state index is 0.192. The first-order chi connectivity index (χ1) is 12.5. The molecule has 2 heterocycles. The van der Waals surface area contributed by atoms with Crippen molar-refractivity contribution in [2.75, 3.05) is 11.9 Å². The Balaban J connectivity index is 1.56. The SMILES string of the molecule is Cn1cccc1C(=O)OCC(=O)c1ccc(NC(=O)c2ccco2)cc1. The normalized spacial score (nSPS) is 10.3. The Morgan fingerprint density at radius 1 is 1.08 bits per heavy atom. The summed E-state index contributed by atoms with van der Waals surface area (Å²) < 4.78 is 11.7. The van der Waals surface area contributed by atoms with Crippen LogP contribution in [-0.2, 0) is 11.8 Å². The highest BCUT2D eigenvalue weighted by Crippen LogP contribution is 2.13. The third kappa shape index (κ3) is 3.89. The maximum atomic E-state index is 12.1. The number of furan rings is 1. The van der Waals surface area contributed by atoms with Crippen LogP contribution in [0.2, 0.25) is 0 Å². The smallest absolute Gasteiger partial charge is 0.355 e. The van der Waals surface area contributed by atoms with E-state index in [1.54, 1.807) is 66.3 Å². The number of nitrogens with one attached hydrogen (secondary N) is 1. The molecule has 0 unspecified atom stereocenters. The van der Waals surface area contributed by atoms with E-state index in [9.17, 15) is 14.4 Å². The van der Waals surface area contributed by atoms with Crippen LogP contribution in [0.3, 0.4) is 0 Å². The fourth-order valence-corrected chi connectivity index (χ4v) is 2.30. The largest absolute Gasteiger partial charge is 0.459 e. The number of aromatic nitrogens is 1. The summed E-state index contributed by atoms with van der Waals surface area (Å²) in [6.07, 6.45) is 3.13. The number of ether oxygens (including phenoxy) is 1. The Labute approximate surface area is 149 Å². The number of amides is 1. The molecule has 0 saturated heterocycles. The molecule has 0 aliphatic carbocycles. The van der Waals surface area contributed by atoms with E-state index in [0.717, 1.165) is 0 Å². The van der Waals surface area contributed by atoms with Crippen LogP contribution in [0.4, 0.5) is 5.69 Å². The van der Waals surface area contributed by atoms with E-state index < -0.39 is 5.97 Å². The van der Waals surface area contributed by atoms with Crippen LogP contribution in [0.15, 0.2) is 65.4 Å². The summed E-state index contributed by atoms with van der Waals surface area (Å²) in [5, 5.41) is 2.65. The van der Waals surface area contributed by atoms with Crippen LogP contribution in [0.25, 0.3) is 0 Å². The number of esters is 1. The number of aryl methyl sites for hydroxylation is 1. The van der Waals surface area contributed by atoms with Crippen LogP contribution in [-0.4, -0.2) is 28.8 Å². The Morgan fingerprint density at radius 2 is 1.85 bits per heavy atom. The summed E-state index contributed by atoms with van der Waals surface area (Å²) >= 11 is 0. The van der Waals surface area contributed by atoms with Crippen molar-refractivity contribution in [1.29, 1.82) is 0 Å².